The molecule has 90 valence electrons. The molecule has 0 bridgehead atoms. The van der Waals surface area contributed by atoms with Crippen LogP contribution in [0.15, 0.2) is 17.2 Å². The van der Waals surface area contributed by atoms with Crippen LogP contribution in [0.3, 0.4) is 0 Å². The number of halogens is 1. The van der Waals surface area contributed by atoms with E-state index in [9.17, 15) is 4.79 Å². The molecular formula is C10H11ClN4OS. The maximum atomic E-state index is 11.5. The van der Waals surface area contributed by atoms with E-state index in [2.05, 4.69) is 15.4 Å². The fraction of sp³-hybridized carbons (Fsp3) is 0.300. The highest BCUT2D eigenvalue weighted by atomic mass is 35.5. The Morgan fingerprint density at radius 1 is 1.53 bits per heavy atom. The van der Waals surface area contributed by atoms with E-state index in [0.29, 0.717) is 12.2 Å². The maximum absolute atomic E-state index is 11.5. The van der Waals surface area contributed by atoms with Gasteiger partial charge in [-0.1, -0.05) is 11.6 Å². The van der Waals surface area contributed by atoms with Crippen molar-refractivity contribution in [2.75, 3.05) is 5.32 Å². The van der Waals surface area contributed by atoms with Gasteiger partial charge in [0, 0.05) is 18.1 Å². The van der Waals surface area contributed by atoms with Crippen molar-refractivity contribution in [3.8, 4) is 0 Å². The lowest BCUT2D eigenvalue weighted by Crippen LogP contribution is -2.21. The smallest absolute Gasteiger partial charge is 0.287 e. The Labute approximate surface area is 107 Å². The number of hydrogen-bond acceptors (Lipinski definition) is 5. The molecular weight excluding hydrogens is 260 g/mol. The molecule has 17 heavy (non-hydrogen) atoms. The quantitative estimate of drug-likeness (QED) is 0.924. The van der Waals surface area contributed by atoms with Crippen molar-refractivity contribution in [3.63, 3.8) is 0 Å². The monoisotopic (exact) mass is 270 g/mol. The van der Waals surface area contributed by atoms with Crippen molar-refractivity contribution in [1.29, 1.82) is 0 Å². The van der Waals surface area contributed by atoms with Crippen LogP contribution in [0.4, 0.5) is 5.69 Å². The molecule has 0 spiro atoms. The van der Waals surface area contributed by atoms with E-state index < -0.39 is 0 Å². The molecule has 0 saturated carbocycles. The van der Waals surface area contributed by atoms with Crippen LogP contribution >= 0.6 is 22.9 Å². The molecule has 0 fully saturated rings. The van der Waals surface area contributed by atoms with Gasteiger partial charge in [-0.15, -0.1) is 11.3 Å². The molecule has 2 rings (SSSR count). The average Bonchev–Trinajstić information content (AvgIpc) is 2.71. The third-order valence-corrected chi connectivity index (χ3v) is 3.46. The van der Waals surface area contributed by atoms with E-state index in [0.717, 1.165) is 9.88 Å². The van der Waals surface area contributed by atoms with Crippen LogP contribution < -0.4 is 10.9 Å². The zero-order chi connectivity index (χ0) is 12.4. The molecule has 2 aromatic rings. The third kappa shape index (κ3) is 2.65. The minimum Gasteiger partial charge on any atom is -0.376 e. The highest BCUT2D eigenvalue weighted by Crippen LogP contribution is 2.17. The van der Waals surface area contributed by atoms with E-state index in [-0.39, 0.29) is 10.6 Å². The van der Waals surface area contributed by atoms with Crippen LogP contribution in [0.5, 0.6) is 0 Å². The van der Waals surface area contributed by atoms with Gasteiger partial charge in [-0.05, 0) is 6.92 Å². The topological polar surface area (TPSA) is 59.8 Å². The number of nitrogens with one attached hydrogen (secondary N) is 1. The average molecular weight is 271 g/mol. The summed E-state index contributed by atoms with van der Waals surface area (Å²) >= 11 is 7.52. The summed E-state index contributed by atoms with van der Waals surface area (Å²) in [4.78, 5) is 16.9. The molecule has 0 aliphatic rings. The predicted octanol–water partition coefficient (Wildman–Crippen LogP) is 1.81. The first-order valence-electron chi connectivity index (χ1n) is 4.95. The zero-order valence-electron chi connectivity index (χ0n) is 9.40. The standard InChI is InChI=1S/C10H11ClN4OS/c1-6-3-13-8(17-6)5-12-7-4-14-15(2)10(16)9(7)11/h3-4,12H,5H2,1-2H3. The summed E-state index contributed by atoms with van der Waals surface area (Å²) in [6.07, 6.45) is 3.34. The number of aromatic nitrogens is 3. The Morgan fingerprint density at radius 2 is 2.29 bits per heavy atom. The van der Waals surface area contributed by atoms with Gasteiger partial charge in [0.05, 0.1) is 18.4 Å². The van der Waals surface area contributed by atoms with Crippen LogP contribution in [-0.4, -0.2) is 14.8 Å². The number of rotatable bonds is 3. The zero-order valence-corrected chi connectivity index (χ0v) is 11.0. The Bertz CT molecular complexity index is 592. The molecule has 0 unspecified atom stereocenters. The van der Waals surface area contributed by atoms with Crippen molar-refractivity contribution in [2.45, 2.75) is 13.5 Å². The summed E-state index contributed by atoms with van der Waals surface area (Å²) < 4.78 is 1.20. The van der Waals surface area contributed by atoms with Crippen molar-refractivity contribution in [2.24, 2.45) is 7.05 Å². The molecule has 0 atom stereocenters. The normalized spacial score (nSPS) is 10.5. The highest BCUT2D eigenvalue weighted by molar-refractivity contribution is 7.11. The van der Waals surface area contributed by atoms with Gasteiger partial charge in [0.2, 0.25) is 0 Å². The van der Waals surface area contributed by atoms with Gasteiger partial charge >= 0.3 is 0 Å². The second kappa shape index (κ2) is 4.85. The largest absolute Gasteiger partial charge is 0.376 e. The number of nitrogens with zero attached hydrogens (tertiary/aromatic N) is 3. The molecule has 7 heteroatoms. The molecule has 5 nitrogen and oxygen atoms in total. The molecule has 2 heterocycles. The van der Waals surface area contributed by atoms with E-state index in [1.54, 1.807) is 18.4 Å². The van der Waals surface area contributed by atoms with Gasteiger partial charge in [-0.3, -0.25) is 4.79 Å². The van der Waals surface area contributed by atoms with Crippen molar-refractivity contribution in [1.82, 2.24) is 14.8 Å². The minimum atomic E-state index is -0.313. The summed E-state index contributed by atoms with van der Waals surface area (Å²) in [6.45, 7) is 2.53. The fourth-order valence-corrected chi connectivity index (χ4v) is 2.25. The van der Waals surface area contributed by atoms with Crippen molar-refractivity contribution < 1.29 is 0 Å². The fourth-order valence-electron chi connectivity index (χ4n) is 1.29. The van der Waals surface area contributed by atoms with Crippen LogP contribution in [0.2, 0.25) is 5.02 Å². The molecule has 0 amide bonds. The van der Waals surface area contributed by atoms with E-state index >= 15 is 0 Å². The van der Waals surface area contributed by atoms with Gasteiger partial charge in [-0.2, -0.15) is 5.10 Å². The summed E-state index contributed by atoms with van der Waals surface area (Å²) in [5.74, 6) is 0. The van der Waals surface area contributed by atoms with Crippen LogP contribution in [0.25, 0.3) is 0 Å². The molecule has 0 radical (unpaired) electrons. The van der Waals surface area contributed by atoms with Crippen LogP contribution in [0.1, 0.15) is 9.88 Å². The second-order valence-electron chi connectivity index (χ2n) is 3.52. The summed E-state index contributed by atoms with van der Waals surface area (Å²) in [5.41, 5.74) is 0.217. The van der Waals surface area contributed by atoms with Gasteiger partial charge < -0.3 is 5.32 Å². The Morgan fingerprint density at radius 3 is 2.94 bits per heavy atom. The van der Waals surface area contributed by atoms with Crippen LogP contribution in [-0.2, 0) is 13.6 Å². The van der Waals surface area contributed by atoms with Gasteiger partial charge in [-0.25, -0.2) is 9.67 Å². The summed E-state index contributed by atoms with van der Waals surface area (Å²) in [6, 6.07) is 0. The molecule has 0 aliphatic carbocycles. The number of hydrogen-bond donors (Lipinski definition) is 1. The number of anilines is 1. The summed E-state index contributed by atoms with van der Waals surface area (Å²) in [7, 11) is 1.56. The van der Waals surface area contributed by atoms with Gasteiger partial charge in [0.15, 0.2) is 0 Å². The Kier molecular flexibility index (Phi) is 3.44. The lowest BCUT2D eigenvalue weighted by atomic mass is 10.4. The molecule has 2 aromatic heterocycles. The van der Waals surface area contributed by atoms with E-state index in [1.807, 2.05) is 13.1 Å². The highest BCUT2D eigenvalue weighted by Gasteiger charge is 2.07. The lowest BCUT2D eigenvalue weighted by molar-refractivity contribution is 0.708. The van der Waals surface area contributed by atoms with E-state index in [1.165, 1.54) is 10.9 Å². The Hall–Kier alpha value is -1.40. The predicted molar refractivity (Wildman–Crippen MR) is 68.7 cm³/mol. The van der Waals surface area contributed by atoms with Crippen molar-refractivity contribution >= 4 is 28.6 Å². The van der Waals surface area contributed by atoms with Crippen LogP contribution in [0, 0.1) is 6.92 Å². The lowest BCUT2D eigenvalue weighted by Gasteiger charge is -2.06. The first kappa shape index (κ1) is 12.1. The maximum Gasteiger partial charge on any atom is 0.287 e. The summed E-state index contributed by atoms with van der Waals surface area (Å²) in [5, 5.41) is 8.04. The minimum absolute atomic E-state index is 0.149. The number of thiazole rings is 1. The van der Waals surface area contributed by atoms with Gasteiger partial charge in [0.25, 0.3) is 5.56 Å². The molecule has 0 saturated heterocycles. The molecule has 0 aliphatic heterocycles. The first-order chi connectivity index (χ1) is 8.08. The van der Waals surface area contributed by atoms with Crippen molar-refractivity contribution in [3.05, 3.63) is 37.7 Å². The van der Waals surface area contributed by atoms with E-state index in [4.69, 9.17) is 11.6 Å². The second-order valence-corrected chi connectivity index (χ2v) is 5.22. The Balaban J connectivity index is 2.15. The first-order valence-corrected chi connectivity index (χ1v) is 6.14. The third-order valence-electron chi connectivity index (χ3n) is 2.18. The van der Waals surface area contributed by atoms with Gasteiger partial charge in [0.1, 0.15) is 10.0 Å². The molecule has 0 aromatic carbocycles. The molecule has 1 N–H and O–H groups in total. The number of aryl methyl sites for hydroxylation is 2. The SMILES string of the molecule is Cc1cnc(CNc2cnn(C)c(=O)c2Cl)s1.